The van der Waals surface area contributed by atoms with Gasteiger partial charge in [-0.25, -0.2) is 4.98 Å². The van der Waals surface area contributed by atoms with Gasteiger partial charge in [-0.3, -0.25) is 0 Å². The number of hydrogen-bond donors (Lipinski definition) is 0. The van der Waals surface area contributed by atoms with E-state index >= 15 is 0 Å². The molecule has 0 radical (unpaired) electrons. The van der Waals surface area contributed by atoms with Crippen LogP contribution in [0.4, 0.5) is 0 Å². The summed E-state index contributed by atoms with van der Waals surface area (Å²) >= 11 is 1.81. The van der Waals surface area contributed by atoms with Crippen LogP contribution in [0.25, 0.3) is 0 Å². The minimum absolute atomic E-state index is 0.496. The first kappa shape index (κ1) is 12.6. The maximum absolute atomic E-state index is 5.83. The van der Waals surface area contributed by atoms with Crippen LogP contribution in [0.5, 0.6) is 0 Å². The van der Waals surface area contributed by atoms with Gasteiger partial charge in [-0.2, -0.15) is 0 Å². The summed E-state index contributed by atoms with van der Waals surface area (Å²) in [6, 6.07) is 0. The second kappa shape index (κ2) is 6.13. The van der Waals surface area contributed by atoms with Gasteiger partial charge in [-0.05, 0) is 45.2 Å². The van der Waals surface area contributed by atoms with Gasteiger partial charge in [-0.15, -0.1) is 11.3 Å². The molecule has 2 aliphatic heterocycles. The molecule has 4 heteroatoms. The molecule has 1 atom stereocenters. The van der Waals surface area contributed by atoms with E-state index in [4.69, 9.17) is 4.74 Å². The molecule has 3 rings (SSSR count). The van der Waals surface area contributed by atoms with Gasteiger partial charge < -0.3 is 9.64 Å². The second-order valence-corrected chi connectivity index (χ2v) is 6.36. The Kier molecular flexibility index (Phi) is 4.28. The summed E-state index contributed by atoms with van der Waals surface area (Å²) in [7, 11) is 0. The fourth-order valence-electron chi connectivity index (χ4n) is 3.04. The van der Waals surface area contributed by atoms with Crippen molar-refractivity contribution in [3.05, 3.63) is 16.6 Å². The molecule has 0 aromatic carbocycles. The number of piperidine rings is 1. The van der Waals surface area contributed by atoms with Crippen molar-refractivity contribution < 1.29 is 4.74 Å². The van der Waals surface area contributed by atoms with Crippen LogP contribution in [0.1, 0.15) is 43.0 Å². The van der Waals surface area contributed by atoms with Crippen LogP contribution in [0.2, 0.25) is 0 Å². The largest absolute Gasteiger partial charge is 0.377 e. The van der Waals surface area contributed by atoms with E-state index in [-0.39, 0.29) is 0 Å². The Bertz CT molecular complexity index is 341. The van der Waals surface area contributed by atoms with Crippen molar-refractivity contribution in [2.24, 2.45) is 0 Å². The predicted molar refractivity (Wildman–Crippen MR) is 74.1 cm³/mol. The van der Waals surface area contributed by atoms with Crippen LogP contribution < -0.4 is 0 Å². The van der Waals surface area contributed by atoms with Crippen molar-refractivity contribution >= 4 is 11.3 Å². The highest BCUT2D eigenvalue weighted by Gasteiger charge is 2.24. The first-order valence-electron chi connectivity index (χ1n) is 7.15. The average molecular weight is 266 g/mol. The summed E-state index contributed by atoms with van der Waals surface area (Å²) in [5.41, 5.74) is 0. The van der Waals surface area contributed by atoms with Crippen LogP contribution in [0.15, 0.2) is 11.6 Å². The Morgan fingerprint density at radius 2 is 2.17 bits per heavy atom. The maximum Gasteiger partial charge on any atom is 0.0956 e. The summed E-state index contributed by atoms with van der Waals surface area (Å²) in [6.45, 7) is 4.54. The lowest BCUT2D eigenvalue weighted by atomic mass is 9.97. The third-order valence-corrected chi connectivity index (χ3v) is 5.06. The van der Waals surface area contributed by atoms with E-state index in [1.54, 1.807) is 0 Å². The fourth-order valence-corrected chi connectivity index (χ4v) is 3.85. The van der Waals surface area contributed by atoms with Gasteiger partial charge in [0.15, 0.2) is 0 Å². The number of ether oxygens (including phenoxy) is 1. The van der Waals surface area contributed by atoms with Crippen molar-refractivity contribution in [2.75, 3.05) is 26.2 Å². The van der Waals surface area contributed by atoms with Crippen molar-refractivity contribution in [1.82, 2.24) is 9.88 Å². The summed E-state index contributed by atoms with van der Waals surface area (Å²) in [5.74, 6) is 0.702. The molecule has 1 aromatic rings. The molecule has 1 unspecified atom stereocenters. The van der Waals surface area contributed by atoms with E-state index in [1.165, 1.54) is 50.2 Å². The van der Waals surface area contributed by atoms with Crippen LogP contribution in [-0.2, 0) is 4.74 Å². The molecule has 100 valence electrons. The van der Waals surface area contributed by atoms with Gasteiger partial charge in [0.25, 0.3) is 0 Å². The first-order valence-corrected chi connectivity index (χ1v) is 8.03. The third kappa shape index (κ3) is 3.11. The number of nitrogens with zero attached hydrogens (tertiary/aromatic N) is 2. The predicted octanol–water partition coefficient (Wildman–Crippen LogP) is 2.89. The van der Waals surface area contributed by atoms with Crippen molar-refractivity contribution in [1.29, 1.82) is 0 Å². The number of thiazole rings is 1. The minimum Gasteiger partial charge on any atom is -0.377 e. The Balaban J connectivity index is 1.45. The molecule has 2 aliphatic rings. The van der Waals surface area contributed by atoms with Crippen molar-refractivity contribution in [3.63, 3.8) is 0 Å². The Hall–Kier alpha value is -0.450. The molecular weight excluding hydrogens is 244 g/mol. The molecule has 0 bridgehead atoms. The number of aromatic nitrogens is 1. The number of hydrogen-bond acceptors (Lipinski definition) is 4. The van der Waals surface area contributed by atoms with Crippen LogP contribution in [-0.4, -0.2) is 42.2 Å². The lowest BCUT2D eigenvalue weighted by molar-refractivity contribution is -0.00950. The molecule has 0 saturated carbocycles. The average Bonchev–Trinajstić information content (AvgIpc) is 2.95. The Morgan fingerprint density at radius 3 is 2.83 bits per heavy atom. The Morgan fingerprint density at radius 1 is 1.28 bits per heavy atom. The number of likely N-dealkylation sites (tertiary alicyclic amines) is 1. The topological polar surface area (TPSA) is 25.4 Å². The van der Waals surface area contributed by atoms with E-state index < -0.39 is 0 Å². The highest BCUT2D eigenvalue weighted by Crippen LogP contribution is 2.29. The van der Waals surface area contributed by atoms with E-state index in [0.717, 1.165) is 13.2 Å². The molecule has 18 heavy (non-hydrogen) atoms. The normalized spacial score (nSPS) is 27.4. The van der Waals surface area contributed by atoms with Crippen molar-refractivity contribution in [3.8, 4) is 0 Å². The second-order valence-electron chi connectivity index (χ2n) is 5.43. The molecule has 3 nitrogen and oxygen atoms in total. The van der Waals surface area contributed by atoms with Gasteiger partial charge >= 0.3 is 0 Å². The SMILES string of the molecule is c1csc(C2CCN(CC3CCCCO3)CC2)n1. The standard InChI is InChI=1S/C14H22N2OS/c1-2-9-17-13(3-1)11-16-7-4-12(5-8-16)14-15-6-10-18-14/h6,10,12-13H,1-5,7-9,11H2. The summed E-state index contributed by atoms with van der Waals surface area (Å²) in [6.07, 6.45) is 8.81. The van der Waals surface area contributed by atoms with E-state index in [2.05, 4.69) is 15.3 Å². The highest BCUT2D eigenvalue weighted by atomic mass is 32.1. The molecule has 0 spiro atoms. The molecule has 0 N–H and O–H groups in total. The Labute approximate surface area is 113 Å². The highest BCUT2D eigenvalue weighted by molar-refractivity contribution is 7.09. The van der Waals surface area contributed by atoms with Gasteiger partial charge in [0, 0.05) is 30.6 Å². The zero-order chi connectivity index (χ0) is 12.2. The lowest BCUT2D eigenvalue weighted by Crippen LogP contribution is -2.40. The molecule has 3 heterocycles. The van der Waals surface area contributed by atoms with Gasteiger partial charge in [0.1, 0.15) is 0 Å². The van der Waals surface area contributed by atoms with E-state index in [0.29, 0.717) is 12.0 Å². The number of rotatable bonds is 3. The zero-order valence-electron chi connectivity index (χ0n) is 10.9. The van der Waals surface area contributed by atoms with Gasteiger partial charge in [0.2, 0.25) is 0 Å². The quantitative estimate of drug-likeness (QED) is 0.841. The third-order valence-electron chi connectivity index (χ3n) is 4.12. The molecular formula is C14H22N2OS. The van der Waals surface area contributed by atoms with E-state index in [1.807, 2.05) is 17.5 Å². The maximum atomic E-state index is 5.83. The zero-order valence-corrected chi connectivity index (χ0v) is 11.7. The molecule has 0 aliphatic carbocycles. The smallest absolute Gasteiger partial charge is 0.0956 e. The summed E-state index contributed by atoms with van der Waals surface area (Å²) < 4.78 is 5.83. The minimum atomic E-state index is 0.496. The van der Waals surface area contributed by atoms with E-state index in [9.17, 15) is 0 Å². The fraction of sp³-hybridized carbons (Fsp3) is 0.786. The molecule has 2 saturated heterocycles. The summed E-state index contributed by atoms with van der Waals surface area (Å²) in [4.78, 5) is 7.04. The molecule has 0 amide bonds. The van der Waals surface area contributed by atoms with Gasteiger partial charge in [0.05, 0.1) is 11.1 Å². The monoisotopic (exact) mass is 266 g/mol. The lowest BCUT2D eigenvalue weighted by Gasteiger charge is -2.34. The van der Waals surface area contributed by atoms with Crippen molar-refractivity contribution in [2.45, 2.75) is 44.1 Å². The molecule has 2 fully saturated rings. The van der Waals surface area contributed by atoms with Crippen LogP contribution >= 0.6 is 11.3 Å². The van der Waals surface area contributed by atoms with Crippen LogP contribution in [0.3, 0.4) is 0 Å². The van der Waals surface area contributed by atoms with Gasteiger partial charge in [-0.1, -0.05) is 0 Å². The van der Waals surface area contributed by atoms with Crippen LogP contribution in [0, 0.1) is 0 Å². The summed E-state index contributed by atoms with van der Waals surface area (Å²) in [5, 5.41) is 3.43. The first-order chi connectivity index (χ1) is 8.92. The molecule has 1 aromatic heterocycles.